The number of hydrogen-bond acceptors (Lipinski definition) is 2. The summed E-state index contributed by atoms with van der Waals surface area (Å²) in [4.78, 5) is 0. The fraction of sp³-hybridized carbons (Fsp3) is 0.500. The SMILES string of the molecule is CC(C)S(=O)(=O)NC(CBr)Cc1ccccc1. The van der Waals surface area contributed by atoms with Crippen LogP contribution in [0, 0.1) is 0 Å². The van der Waals surface area contributed by atoms with E-state index in [9.17, 15) is 8.42 Å². The van der Waals surface area contributed by atoms with Gasteiger partial charge in [-0.05, 0) is 25.8 Å². The van der Waals surface area contributed by atoms with Crippen molar-refractivity contribution < 1.29 is 8.42 Å². The van der Waals surface area contributed by atoms with Gasteiger partial charge in [-0.25, -0.2) is 13.1 Å². The van der Waals surface area contributed by atoms with Crippen molar-refractivity contribution in [1.82, 2.24) is 4.72 Å². The highest BCUT2D eigenvalue weighted by Crippen LogP contribution is 2.08. The number of sulfonamides is 1. The third kappa shape index (κ3) is 4.77. The molecule has 5 heteroatoms. The van der Waals surface area contributed by atoms with Gasteiger partial charge in [-0.3, -0.25) is 0 Å². The molecule has 0 amide bonds. The van der Waals surface area contributed by atoms with E-state index < -0.39 is 15.3 Å². The zero-order valence-corrected chi connectivity index (χ0v) is 12.5. The van der Waals surface area contributed by atoms with Crippen molar-refractivity contribution >= 4 is 26.0 Å². The third-order valence-corrected chi connectivity index (χ3v) is 5.15. The molecule has 0 saturated heterocycles. The van der Waals surface area contributed by atoms with Gasteiger partial charge in [-0.1, -0.05) is 46.3 Å². The fourth-order valence-corrected chi connectivity index (χ4v) is 2.90. The summed E-state index contributed by atoms with van der Waals surface area (Å²) >= 11 is 3.35. The Morgan fingerprint density at radius 1 is 1.24 bits per heavy atom. The van der Waals surface area contributed by atoms with Crippen LogP contribution in [0.4, 0.5) is 0 Å². The summed E-state index contributed by atoms with van der Waals surface area (Å²) in [5.74, 6) is 0. The summed E-state index contributed by atoms with van der Waals surface area (Å²) in [6.45, 7) is 3.35. The van der Waals surface area contributed by atoms with Gasteiger partial charge in [0, 0.05) is 11.4 Å². The molecule has 0 heterocycles. The summed E-state index contributed by atoms with van der Waals surface area (Å²) in [5.41, 5.74) is 1.13. The molecule has 0 saturated carbocycles. The maximum Gasteiger partial charge on any atom is 0.214 e. The topological polar surface area (TPSA) is 46.2 Å². The molecular weight excluding hydrogens is 302 g/mol. The van der Waals surface area contributed by atoms with Gasteiger partial charge in [0.25, 0.3) is 0 Å². The van der Waals surface area contributed by atoms with Gasteiger partial charge >= 0.3 is 0 Å². The average molecular weight is 320 g/mol. The van der Waals surface area contributed by atoms with Gasteiger partial charge in [0.2, 0.25) is 10.0 Å². The molecule has 0 aliphatic rings. The van der Waals surface area contributed by atoms with E-state index in [4.69, 9.17) is 0 Å². The number of benzene rings is 1. The summed E-state index contributed by atoms with van der Waals surface area (Å²) < 4.78 is 26.2. The molecule has 96 valence electrons. The largest absolute Gasteiger partial charge is 0.214 e. The van der Waals surface area contributed by atoms with E-state index in [0.29, 0.717) is 11.8 Å². The lowest BCUT2D eigenvalue weighted by atomic mass is 10.1. The molecule has 0 aromatic heterocycles. The first kappa shape index (κ1) is 14.7. The summed E-state index contributed by atoms with van der Waals surface area (Å²) in [6, 6.07) is 9.75. The first-order valence-corrected chi connectivity index (χ1v) is 8.23. The zero-order valence-electron chi connectivity index (χ0n) is 10.1. The Hall–Kier alpha value is -0.390. The second-order valence-corrected chi connectivity index (χ2v) is 7.17. The molecule has 1 N–H and O–H groups in total. The molecule has 1 atom stereocenters. The fourth-order valence-electron chi connectivity index (χ4n) is 1.39. The van der Waals surface area contributed by atoms with Crippen LogP contribution in [-0.4, -0.2) is 25.0 Å². The summed E-state index contributed by atoms with van der Waals surface area (Å²) in [7, 11) is -3.21. The Labute approximate surface area is 112 Å². The number of halogens is 1. The van der Waals surface area contributed by atoms with Crippen LogP contribution in [0.15, 0.2) is 30.3 Å². The molecule has 0 bridgehead atoms. The van der Waals surface area contributed by atoms with Crippen molar-refractivity contribution in [2.24, 2.45) is 0 Å². The Bertz CT molecular complexity index is 431. The van der Waals surface area contributed by atoms with E-state index in [1.807, 2.05) is 30.3 Å². The minimum absolute atomic E-state index is 0.107. The lowest BCUT2D eigenvalue weighted by Crippen LogP contribution is -2.41. The summed E-state index contributed by atoms with van der Waals surface area (Å²) in [5, 5.41) is 0.202. The van der Waals surface area contributed by atoms with Crippen molar-refractivity contribution in [1.29, 1.82) is 0 Å². The van der Waals surface area contributed by atoms with Gasteiger partial charge in [-0.2, -0.15) is 0 Å². The first-order chi connectivity index (χ1) is 7.95. The van der Waals surface area contributed by atoms with Crippen LogP contribution in [0.3, 0.4) is 0 Å². The van der Waals surface area contributed by atoms with Crippen LogP contribution in [0.2, 0.25) is 0 Å². The van der Waals surface area contributed by atoms with E-state index in [-0.39, 0.29) is 6.04 Å². The molecule has 0 fully saturated rings. The van der Waals surface area contributed by atoms with Crippen LogP contribution in [0.1, 0.15) is 19.4 Å². The van der Waals surface area contributed by atoms with Crippen LogP contribution in [-0.2, 0) is 16.4 Å². The lowest BCUT2D eigenvalue weighted by Gasteiger charge is -2.18. The number of alkyl halides is 1. The zero-order chi connectivity index (χ0) is 12.9. The van der Waals surface area contributed by atoms with Crippen molar-refractivity contribution in [3.63, 3.8) is 0 Å². The molecule has 1 aromatic carbocycles. The second-order valence-electron chi connectivity index (χ2n) is 4.25. The molecule has 3 nitrogen and oxygen atoms in total. The third-order valence-electron chi connectivity index (χ3n) is 2.46. The predicted molar refractivity (Wildman–Crippen MR) is 74.9 cm³/mol. The second kappa shape index (κ2) is 6.52. The quantitative estimate of drug-likeness (QED) is 0.818. The molecule has 1 aromatic rings. The molecule has 0 radical (unpaired) electrons. The Balaban J connectivity index is 2.68. The van der Waals surface area contributed by atoms with E-state index in [1.165, 1.54) is 0 Å². The van der Waals surface area contributed by atoms with E-state index in [2.05, 4.69) is 20.7 Å². The maximum atomic E-state index is 11.8. The highest BCUT2D eigenvalue weighted by Gasteiger charge is 2.20. The summed E-state index contributed by atoms with van der Waals surface area (Å²) in [6.07, 6.45) is 0.692. The molecule has 0 aliphatic carbocycles. The van der Waals surface area contributed by atoms with Crippen molar-refractivity contribution in [2.75, 3.05) is 5.33 Å². The highest BCUT2D eigenvalue weighted by molar-refractivity contribution is 9.09. The normalized spacial score (nSPS) is 13.9. The highest BCUT2D eigenvalue weighted by atomic mass is 79.9. The molecular formula is C12H18BrNO2S. The standard InChI is InChI=1S/C12H18BrNO2S/c1-10(2)17(15,16)14-12(9-13)8-11-6-4-3-5-7-11/h3-7,10,12,14H,8-9H2,1-2H3. The van der Waals surface area contributed by atoms with E-state index >= 15 is 0 Å². The van der Waals surface area contributed by atoms with Crippen LogP contribution in [0.5, 0.6) is 0 Å². The maximum absolute atomic E-state index is 11.8. The first-order valence-electron chi connectivity index (χ1n) is 5.56. The molecule has 1 rings (SSSR count). The lowest BCUT2D eigenvalue weighted by molar-refractivity contribution is 0.554. The van der Waals surface area contributed by atoms with Crippen LogP contribution >= 0.6 is 15.9 Å². The van der Waals surface area contributed by atoms with Crippen LogP contribution < -0.4 is 4.72 Å². The van der Waals surface area contributed by atoms with Crippen molar-refractivity contribution in [3.8, 4) is 0 Å². The number of rotatable bonds is 6. The van der Waals surface area contributed by atoms with Gasteiger partial charge in [0.1, 0.15) is 0 Å². The van der Waals surface area contributed by atoms with E-state index in [1.54, 1.807) is 13.8 Å². The monoisotopic (exact) mass is 319 g/mol. The Morgan fingerprint density at radius 3 is 2.29 bits per heavy atom. The van der Waals surface area contributed by atoms with Crippen molar-refractivity contribution in [3.05, 3.63) is 35.9 Å². The van der Waals surface area contributed by atoms with Crippen molar-refractivity contribution in [2.45, 2.75) is 31.6 Å². The Morgan fingerprint density at radius 2 is 1.82 bits per heavy atom. The van der Waals surface area contributed by atoms with Gasteiger partial charge in [-0.15, -0.1) is 0 Å². The van der Waals surface area contributed by atoms with Crippen LogP contribution in [0.25, 0.3) is 0 Å². The number of nitrogens with one attached hydrogen (secondary N) is 1. The smallest absolute Gasteiger partial charge is 0.212 e. The van der Waals surface area contributed by atoms with Gasteiger partial charge < -0.3 is 0 Å². The average Bonchev–Trinajstić information content (AvgIpc) is 2.29. The molecule has 17 heavy (non-hydrogen) atoms. The Kier molecular flexibility index (Phi) is 5.62. The molecule has 0 spiro atoms. The van der Waals surface area contributed by atoms with Gasteiger partial charge in [0.05, 0.1) is 5.25 Å². The molecule has 1 unspecified atom stereocenters. The minimum atomic E-state index is -3.21. The molecule has 0 aliphatic heterocycles. The van der Waals surface area contributed by atoms with Gasteiger partial charge in [0.15, 0.2) is 0 Å². The van der Waals surface area contributed by atoms with E-state index in [0.717, 1.165) is 5.56 Å². The number of hydrogen-bond donors (Lipinski definition) is 1. The minimum Gasteiger partial charge on any atom is -0.212 e. The predicted octanol–water partition coefficient (Wildman–Crippen LogP) is 2.32.